The summed E-state index contributed by atoms with van der Waals surface area (Å²) in [7, 11) is 0. The van der Waals surface area contributed by atoms with Crippen molar-refractivity contribution >= 4 is 5.91 Å². The Labute approximate surface area is 128 Å². The van der Waals surface area contributed by atoms with Crippen LogP contribution in [0, 0.1) is 5.82 Å². The number of nitrogens with zero attached hydrogens (tertiary/aromatic N) is 1. The summed E-state index contributed by atoms with van der Waals surface area (Å²) in [6.45, 7) is 3.90. The number of hydrogen-bond acceptors (Lipinski definition) is 4. The summed E-state index contributed by atoms with van der Waals surface area (Å²) in [4.78, 5) is 14.2. The average molecular weight is 307 g/mol. The first-order chi connectivity index (χ1) is 10.6. The topological polar surface area (TPSA) is 48.0 Å². The van der Waals surface area contributed by atoms with Crippen molar-refractivity contribution in [2.45, 2.75) is 13.0 Å². The Balaban J connectivity index is 1.72. The fraction of sp³-hybridized carbons (Fsp3) is 0.438. The molecule has 1 amide bonds. The summed E-state index contributed by atoms with van der Waals surface area (Å²) in [5.74, 6) is 0.306. The van der Waals surface area contributed by atoms with Gasteiger partial charge in [0, 0.05) is 6.54 Å². The molecule has 1 saturated heterocycles. The van der Waals surface area contributed by atoms with Gasteiger partial charge in [0.25, 0.3) is 5.91 Å². The molecule has 6 heteroatoms. The van der Waals surface area contributed by atoms with Crippen LogP contribution in [0.15, 0.2) is 35.8 Å². The van der Waals surface area contributed by atoms with E-state index in [9.17, 15) is 9.18 Å². The third-order valence-corrected chi connectivity index (χ3v) is 3.76. The zero-order chi connectivity index (χ0) is 15.5. The SMILES string of the molecule is CC1=C(C(=O)N2CCOC(c3ccc(F)cc3)C2)OCCO1. The van der Waals surface area contributed by atoms with Gasteiger partial charge in [0.05, 0.1) is 13.2 Å². The summed E-state index contributed by atoms with van der Waals surface area (Å²) >= 11 is 0. The van der Waals surface area contributed by atoms with E-state index in [1.165, 1.54) is 12.1 Å². The number of amides is 1. The molecule has 2 aliphatic rings. The predicted molar refractivity (Wildman–Crippen MR) is 76.3 cm³/mol. The third-order valence-electron chi connectivity index (χ3n) is 3.76. The van der Waals surface area contributed by atoms with E-state index >= 15 is 0 Å². The van der Waals surface area contributed by atoms with Crippen LogP contribution < -0.4 is 0 Å². The van der Waals surface area contributed by atoms with Gasteiger partial charge in [-0.05, 0) is 24.6 Å². The molecule has 2 heterocycles. The number of ether oxygens (including phenoxy) is 3. The number of rotatable bonds is 2. The lowest BCUT2D eigenvalue weighted by Crippen LogP contribution is -2.44. The fourth-order valence-electron chi connectivity index (χ4n) is 2.57. The van der Waals surface area contributed by atoms with Crippen LogP contribution in [0.25, 0.3) is 0 Å². The molecule has 0 N–H and O–H groups in total. The van der Waals surface area contributed by atoms with Crippen LogP contribution >= 0.6 is 0 Å². The summed E-state index contributed by atoms with van der Waals surface area (Å²) in [6, 6.07) is 6.14. The van der Waals surface area contributed by atoms with Gasteiger partial charge in [-0.25, -0.2) is 4.39 Å². The van der Waals surface area contributed by atoms with E-state index in [0.717, 1.165) is 5.56 Å². The molecule has 0 aromatic heterocycles. The van der Waals surface area contributed by atoms with Gasteiger partial charge in [0.15, 0.2) is 0 Å². The highest BCUT2D eigenvalue weighted by atomic mass is 19.1. The van der Waals surface area contributed by atoms with Crippen molar-refractivity contribution in [3.8, 4) is 0 Å². The van der Waals surface area contributed by atoms with Crippen LogP contribution in [-0.4, -0.2) is 43.7 Å². The average Bonchev–Trinajstić information content (AvgIpc) is 2.55. The molecule has 1 atom stereocenters. The molecule has 3 rings (SSSR count). The minimum atomic E-state index is -0.291. The summed E-state index contributed by atoms with van der Waals surface area (Å²) in [5, 5.41) is 0. The van der Waals surface area contributed by atoms with Crippen LogP contribution in [0.4, 0.5) is 4.39 Å². The molecule has 0 saturated carbocycles. The smallest absolute Gasteiger partial charge is 0.292 e. The summed E-state index contributed by atoms with van der Waals surface area (Å²) in [6.07, 6.45) is -0.260. The number of carbonyl (C=O) groups excluding carboxylic acids is 1. The number of benzene rings is 1. The maximum atomic E-state index is 13.0. The minimum Gasteiger partial charge on any atom is -0.491 e. The first-order valence-electron chi connectivity index (χ1n) is 7.28. The molecule has 2 aliphatic heterocycles. The quantitative estimate of drug-likeness (QED) is 0.838. The molecule has 0 bridgehead atoms. The monoisotopic (exact) mass is 307 g/mol. The number of allylic oxidation sites excluding steroid dienone is 1. The Morgan fingerprint density at radius 2 is 1.91 bits per heavy atom. The maximum Gasteiger partial charge on any atom is 0.292 e. The van der Waals surface area contributed by atoms with Gasteiger partial charge in [-0.1, -0.05) is 12.1 Å². The van der Waals surface area contributed by atoms with Crippen LogP contribution in [0.5, 0.6) is 0 Å². The molecule has 1 aromatic rings. The Bertz CT molecular complexity index is 584. The van der Waals surface area contributed by atoms with Gasteiger partial charge in [-0.15, -0.1) is 0 Å². The van der Waals surface area contributed by atoms with Crippen molar-refractivity contribution in [1.29, 1.82) is 0 Å². The van der Waals surface area contributed by atoms with Crippen molar-refractivity contribution in [2.24, 2.45) is 0 Å². The van der Waals surface area contributed by atoms with Gasteiger partial charge in [0.2, 0.25) is 5.76 Å². The first-order valence-corrected chi connectivity index (χ1v) is 7.28. The molecule has 0 spiro atoms. The van der Waals surface area contributed by atoms with Gasteiger partial charge in [-0.3, -0.25) is 4.79 Å². The van der Waals surface area contributed by atoms with E-state index in [1.54, 1.807) is 24.0 Å². The molecule has 1 fully saturated rings. The van der Waals surface area contributed by atoms with Crippen molar-refractivity contribution in [3.63, 3.8) is 0 Å². The largest absolute Gasteiger partial charge is 0.491 e. The zero-order valence-electron chi connectivity index (χ0n) is 12.4. The molecule has 1 unspecified atom stereocenters. The second-order valence-corrected chi connectivity index (χ2v) is 5.24. The molecular weight excluding hydrogens is 289 g/mol. The second-order valence-electron chi connectivity index (χ2n) is 5.24. The first kappa shape index (κ1) is 14.8. The van der Waals surface area contributed by atoms with E-state index < -0.39 is 0 Å². The van der Waals surface area contributed by atoms with Crippen molar-refractivity contribution in [3.05, 3.63) is 47.2 Å². The van der Waals surface area contributed by atoms with Gasteiger partial charge in [0.1, 0.15) is 30.9 Å². The highest BCUT2D eigenvalue weighted by molar-refractivity contribution is 5.92. The summed E-state index contributed by atoms with van der Waals surface area (Å²) in [5.41, 5.74) is 0.852. The van der Waals surface area contributed by atoms with Gasteiger partial charge in [-0.2, -0.15) is 0 Å². The Hall–Kier alpha value is -2.08. The normalized spacial score (nSPS) is 22.1. The van der Waals surface area contributed by atoms with E-state index in [1.807, 2.05) is 0 Å². The van der Waals surface area contributed by atoms with E-state index in [2.05, 4.69) is 0 Å². The molecule has 118 valence electrons. The fourth-order valence-corrected chi connectivity index (χ4v) is 2.57. The minimum absolute atomic E-state index is 0.187. The number of hydrogen-bond donors (Lipinski definition) is 0. The number of morpholine rings is 1. The van der Waals surface area contributed by atoms with E-state index in [-0.39, 0.29) is 23.6 Å². The third kappa shape index (κ3) is 3.06. The van der Waals surface area contributed by atoms with Crippen molar-refractivity contribution in [2.75, 3.05) is 32.9 Å². The standard InChI is InChI=1S/C16H18FNO4/c1-11-15(22-9-8-20-11)16(19)18-6-7-21-14(10-18)12-2-4-13(17)5-3-12/h2-5,14H,6-10H2,1H3. The lowest BCUT2D eigenvalue weighted by molar-refractivity contribution is -0.140. The highest BCUT2D eigenvalue weighted by Crippen LogP contribution is 2.24. The zero-order valence-corrected chi connectivity index (χ0v) is 12.4. The van der Waals surface area contributed by atoms with Crippen LogP contribution in [0.1, 0.15) is 18.6 Å². The van der Waals surface area contributed by atoms with Crippen molar-refractivity contribution < 1.29 is 23.4 Å². The molecule has 5 nitrogen and oxygen atoms in total. The lowest BCUT2D eigenvalue weighted by Gasteiger charge is -2.34. The molecule has 1 aromatic carbocycles. The predicted octanol–water partition coefficient (Wildman–Crippen LogP) is 2.00. The lowest BCUT2D eigenvalue weighted by atomic mass is 10.1. The second kappa shape index (κ2) is 6.36. The van der Waals surface area contributed by atoms with Crippen LogP contribution in [0.3, 0.4) is 0 Å². The summed E-state index contributed by atoms with van der Waals surface area (Å²) < 4.78 is 29.5. The van der Waals surface area contributed by atoms with Crippen molar-refractivity contribution in [1.82, 2.24) is 4.90 Å². The number of carbonyl (C=O) groups is 1. The molecular formula is C16H18FNO4. The van der Waals surface area contributed by atoms with Gasteiger partial charge >= 0.3 is 0 Å². The Kier molecular flexibility index (Phi) is 4.29. The Morgan fingerprint density at radius 3 is 2.64 bits per heavy atom. The van der Waals surface area contributed by atoms with Gasteiger partial charge < -0.3 is 19.1 Å². The molecule has 0 aliphatic carbocycles. The van der Waals surface area contributed by atoms with E-state index in [4.69, 9.17) is 14.2 Å². The highest BCUT2D eigenvalue weighted by Gasteiger charge is 2.30. The maximum absolute atomic E-state index is 13.0. The Morgan fingerprint density at radius 1 is 1.18 bits per heavy atom. The van der Waals surface area contributed by atoms with Crippen LogP contribution in [0.2, 0.25) is 0 Å². The van der Waals surface area contributed by atoms with Crippen LogP contribution in [-0.2, 0) is 19.0 Å². The van der Waals surface area contributed by atoms with E-state index in [0.29, 0.717) is 38.7 Å². The molecule has 22 heavy (non-hydrogen) atoms. The number of halogens is 1. The molecule has 0 radical (unpaired) electrons.